The fraction of sp³-hybridized carbons (Fsp3) is 0.429. The van der Waals surface area contributed by atoms with Gasteiger partial charge in [-0.15, -0.1) is 0 Å². The molecule has 0 aromatic heterocycles. The van der Waals surface area contributed by atoms with Crippen LogP contribution in [0.25, 0.3) is 33.4 Å². The summed E-state index contributed by atoms with van der Waals surface area (Å²) >= 11 is 0. The van der Waals surface area contributed by atoms with Crippen LogP contribution in [0.1, 0.15) is 43.7 Å². The molecule has 0 amide bonds. The number of ether oxygens (including phenoxy) is 7. The van der Waals surface area contributed by atoms with Crippen molar-refractivity contribution < 1.29 is 33.2 Å². The Balaban J connectivity index is 1.43. The molecule has 0 heterocycles. The van der Waals surface area contributed by atoms with E-state index in [0.717, 1.165) is 56.4 Å². The molecule has 0 fully saturated rings. The Morgan fingerprint density at radius 1 is 0.408 bits per heavy atom. The standard InChI is InChI=1S/C42H54O7/c1-4-5-24-49-42-20-18-38(19-21-42)41-30-39(36-14-10-34(11-15-36)8-6-22-45-32-47-27-25-43-2)29-40(31-41)37-16-12-35(13-17-37)9-7-23-46-33-48-28-26-44-3/h10-21,29-31H,4-9,22-28,32-33H2,1-3H3. The lowest BCUT2D eigenvalue weighted by molar-refractivity contribution is -0.0661. The number of hydrogen-bond acceptors (Lipinski definition) is 7. The molecule has 0 saturated heterocycles. The van der Waals surface area contributed by atoms with Crippen LogP contribution in [0, 0.1) is 0 Å². The zero-order valence-electron chi connectivity index (χ0n) is 29.6. The molecule has 0 spiro atoms. The summed E-state index contributed by atoms with van der Waals surface area (Å²) in [6, 6.07) is 33.2. The average Bonchev–Trinajstić information content (AvgIpc) is 3.14. The summed E-state index contributed by atoms with van der Waals surface area (Å²) in [5.74, 6) is 0.910. The minimum Gasteiger partial charge on any atom is -0.494 e. The number of methoxy groups -OCH3 is 2. The summed E-state index contributed by atoms with van der Waals surface area (Å²) in [4.78, 5) is 0. The molecule has 264 valence electrons. The van der Waals surface area contributed by atoms with Gasteiger partial charge in [0.25, 0.3) is 0 Å². The van der Waals surface area contributed by atoms with Crippen molar-refractivity contribution in [1.82, 2.24) is 0 Å². The summed E-state index contributed by atoms with van der Waals surface area (Å²) in [5.41, 5.74) is 9.69. The van der Waals surface area contributed by atoms with E-state index < -0.39 is 0 Å². The van der Waals surface area contributed by atoms with Crippen molar-refractivity contribution in [2.24, 2.45) is 0 Å². The van der Waals surface area contributed by atoms with Gasteiger partial charge in [0.2, 0.25) is 0 Å². The summed E-state index contributed by atoms with van der Waals surface area (Å²) in [6.45, 7) is 7.12. The second-order valence-corrected chi connectivity index (χ2v) is 12.0. The van der Waals surface area contributed by atoms with E-state index in [0.29, 0.717) is 53.2 Å². The fourth-order valence-electron chi connectivity index (χ4n) is 5.33. The van der Waals surface area contributed by atoms with Gasteiger partial charge in [0.1, 0.15) is 19.3 Å². The van der Waals surface area contributed by atoms with Gasteiger partial charge in [0.05, 0.1) is 33.0 Å². The lowest BCUT2D eigenvalue weighted by Crippen LogP contribution is -2.07. The monoisotopic (exact) mass is 670 g/mol. The minimum absolute atomic E-state index is 0.305. The molecule has 4 aromatic rings. The van der Waals surface area contributed by atoms with Crippen molar-refractivity contribution in [1.29, 1.82) is 0 Å². The first kappa shape index (κ1) is 38.2. The van der Waals surface area contributed by atoms with E-state index in [-0.39, 0.29) is 0 Å². The van der Waals surface area contributed by atoms with Gasteiger partial charge in [0, 0.05) is 27.4 Å². The van der Waals surface area contributed by atoms with Gasteiger partial charge in [-0.05, 0) is 107 Å². The van der Waals surface area contributed by atoms with Crippen LogP contribution in [0.4, 0.5) is 0 Å². The lowest BCUT2D eigenvalue weighted by atomic mass is 9.92. The largest absolute Gasteiger partial charge is 0.494 e. The van der Waals surface area contributed by atoms with Crippen molar-refractivity contribution >= 4 is 0 Å². The Morgan fingerprint density at radius 2 is 0.816 bits per heavy atom. The molecule has 0 aliphatic carbocycles. The van der Waals surface area contributed by atoms with E-state index in [2.05, 4.69) is 97.9 Å². The van der Waals surface area contributed by atoms with Crippen LogP contribution >= 0.6 is 0 Å². The molecule has 0 bridgehead atoms. The zero-order chi connectivity index (χ0) is 34.4. The van der Waals surface area contributed by atoms with Crippen molar-refractivity contribution in [2.75, 3.05) is 74.1 Å². The predicted octanol–water partition coefficient (Wildman–Crippen LogP) is 9.01. The maximum atomic E-state index is 5.93. The summed E-state index contributed by atoms with van der Waals surface area (Å²) in [7, 11) is 3.33. The Morgan fingerprint density at radius 3 is 1.22 bits per heavy atom. The van der Waals surface area contributed by atoms with Crippen molar-refractivity contribution in [3.8, 4) is 39.1 Å². The van der Waals surface area contributed by atoms with Crippen molar-refractivity contribution in [3.05, 3.63) is 102 Å². The van der Waals surface area contributed by atoms with Gasteiger partial charge in [-0.25, -0.2) is 0 Å². The Bertz CT molecular complexity index is 1350. The number of hydrogen-bond donors (Lipinski definition) is 0. The van der Waals surface area contributed by atoms with Crippen LogP contribution in [0.5, 0.6) is 5.75 Å². The third-order valence-electron chi connectivity index (χ3n) is 8.17. The van der Waals surface area contributed by atoms with Gasteiger partial charge in [-0.1, -0.05) is 74.0 Å². The molecule has 0 radical (unpaired) electrons. The van der Waals surface area contributed by atoms with Crippen molar-refractivity contribution in [3.63, 3.8) is 0 Å². The first-order chi connectivity index (χ1) is 24.2. The molecule has 0 unspecified atom stereocenters. The van der Waals surface area contributed by atoms with E-state index in [1.54, 1.807) is 14.2 Å². The van der Waals surface area contributed by atoms with E-state index in [1.807, 2.05) is 0 Å². The summed E-state index contributed by atoms with van der Waals surface area (Å²) in [6.07, 6.45) is 5.97. The average molecular weight is 671 g/mol. The van der Waals surface area contributed by atoms with E-state index in [9.17, 15) is 0 Å². The third-order valence-corrected chi connectivity index (χ3v) is 8.17. The predicted molar refractivity (Wildman–Crippen MR) is 197 cm³/mol. The highest BCUT2D eigenvalue weighted by atomic mass is 16.7. The van der Waals surface area contributed by atoms with E-state index >= 15 is 0 Å². The molecule has 0 saturated carbocycles. The Kier molecular flexibility index (Phi) is 17.9. The minimum atomic E-state index is 0.305. The maximum absolute atomic E-state index is 5.93. The van der Waals surface area contributed by atoms with Crippen molar-refractivity contribution in [2.45, 2.75) is 45.4 Å². The van der Waals surface area contributed by atoms with Gasteiger partial charge in [0.15, 0.2) is 0 Å². The highest BCUT2D eigenvalue weighted by Gasteiger charge is 2.09. The lowest BCUT2D eigenvalue weighted by Gasteiger charge is -2.13. The molecule has 0 N–H and O–H groups in total. The molecule has 0 aliphatic heterocycles. The van der Waals surface area contributed by atoms with Crippen LogP contribution < -0.4 is 4.74 Å². The topological polar surface area (TPSA) is 64.6 Å². The molecule has 7 heteroatoms. The highest BCUT2D eigenvalue weighted by molar-refractivity contribution is 5.81. The van der Waals surface area contributed by atoms with Crippen LogP contribution in [0.3, 0.4) is 0 Å². The smallest absolute Gasteiger partial charge is 0.146 e. The van der Waals surface area contributed by atoms with Gasteiger partial charge in [-0.2, -0.15) is 0 Å². The van der Waals surface area contributed by atoms with E-state index in [1.165, 1.54) is 38.9 Å². The van der Waals surface area contributed by atoms with Gasteiger partial charge >= 0.3 is 0 Å². The maximum Gasteiger partial charge on any atom is 0.146 e. The van der Waals surface area contributed by atoms with Crippen LogP contribution in [0.15, 0.2) is 91.0 Å². The van der Waals surface area contributed by atoms with Gasteiger partial charge < -0.3 is 33.2 Å². The highest BCUT2D eigenvalue weighted by Crippen LogP contribution is 2.34. The molecule has 49 heavy (non-hydrogen) atoms. The van der Waals surface area contributed by atoms with E-state index in [4.69, 9.17) is 33.2 Å². The van der Waals surface area contributed by atoms with Gasteiger partial charge in [-0.3, -0.25) is 0 Å². The quantitative estimate of drug-likeness (QED) is 0.0515. The Hall–Kier alpha value is -3.56. The molecule has 4 rings (SSSR count). The molecule has 7 nitrogen and oxygen atoms in total. The third kappa shape index (κ3) is 14.1. The first-order valence-electron chi connectivity index (χ1n) is 17.6. The molecule has 0 aliphatic rings. The number of unbranched alkanes of at least 4 members (excludes halogenated alkanes) is 1. The number of aryl methyl sites for hydroxylation is 2. The second-order valence-electron chi connectivity index (χ2n) is 12.0. The normalized spacial score (nSPS) is 11.2. The molecular weight excluding hydrogens is 616 g/mol. The fourth-order valence-corrected chi connectivity index (χ4v) is 5.33. The number of benzene rings is 4. The molecule has 4 aromatic carbocycles. The first-order valence-corrected chi connectivity index (χ1v) is 17.6. The summed E-state index contributed by atoms with van der Waals surface area (Å²) < 4.78 is 37.8. The number of rotatable bonds is 25. The second kappa shape index (κ2) is 23.0. The molecular formula is C42H54O7. The van der Waals surface area contributed by atoms with Crippen LogP contribution in [-0.2, 0) is 41.3 Å². The van der Waals surface area contributed by atoms with Crippen LogP contribution in [0.2, 0.25) is 0 Å². The zero-order valence-corrected chi connectivity index (χ0v) is 29.6. The SMILES string of the molecule is CCCCOc1ccc(-c2cc(-c3ccc(CCCOCOCCOC)cc3)cc(-c3ccc(CCCOCOCCOC)cc3)c2)cc1. The Labute approximate surface area is 293 Å². The molecule has 0 atom stereocenters. The summed E-state index contributed by atoms with van der Waals surface area (Å²) in [5, 5.41) is 0. The van der Waals surface area contributed by atoms with Crippen LogP contribution in [-0.4, -0.2) is 74.1 Å².